The van der Waals surface area contributed by atoms with Crippen LogP contribution in [0, 0.1) is 0 Å². The van der Waals surface area contributed by atoms with Gasteiger partial charge in [0.2, 0.25) is 0 Å². The van der Waals surface area contributed by atoms with Crippen molar-refractivity contribution in [3.63, 3.8) is 0 Å². The van der Waals surface area contributed by atoms with Gasteiger partial charge in [-0.3, -0.25) is 4.68 Å². The first-order valence-electron chi connectivity index (χ1n) is 12.8. The Morgan fingerprint density at radius 1 is 0.972 bits per heavy atom. The number of nitrogen functional groups attached to an aromatic ring is 1. The number of rotatable bonds is 4. The smallest absolute Gasteiger partial charge is 0.152 e. The highest BCUT2D eigenvalue weighted by atomic mass is 16.5. The summed E-state index contributed by atoms with van der Waals surface area (Å²) in [6.07, 6.45) is 5.29. The van der Waals surface area contributed by atoms with Crippen LogP contribution in [0.3, 0.4) is 0 Å². The van der Waals surface area contributed by atoms with E-state index in [9.17, 15) is 0 Å². The highest BCUT2D eigenvalue weighted by Gasteiger charge is 2.28. The van der Waals surface area contributed by atoms with Gasteiger partial charge in [0, 0.05) is 61.4 Å². The quantitative estimate of drug-likeness (QED) is 0.470. The lowest BCUT2D eigenvalue weighted by molar-refractivity contribution is 0.0667. The van der Waals surface area contributed by atoms with E-state index < -0.39 is 0 Å². The molecule has 36 heavy (non-hydrogen) atoms. The number of hydrogen-bond acceptors (Lipinski definition) is 7. The van der Waals surface area contributed by atoms with Gasteiger partial charge in [0.05, 0.1) is 17.4 Å². The van der Waals surface area contributed by atoms with Crippen LogP contribution in [0.15, 0.2) is 48.9 Å². The van der Waals surface area contributed by atoms with E-state index in [1.807, 2.05) is 10.7 Å². The molecule has 2 aliphatic heterocycles. The highest BCUT2D eigenvalue weighted by molar-refractivity contribution is 5.91. The summed E-state index contributed by atoms with van der Waals surface area (Å²) in [7, 11) is 2.20. The van der Waals surface area contributed by atoms with Crippen molar-refractivity contribution in [2.24, 2.45) is 0 Å². The number of anilines is 2. The third-order valence-corrected chi connectivity index (χ3v) is 7.61. The van der Waals surface area contributed by atoms with Crippen LogP contribution >= 0.6 is 0 Å². The third-order valence-electron chi connectivity index (χ3n) is 7.61. The third kappa shape index (κ3) is 3.92. The van der Waals surface area contributed by atoms with Gasteiger partial charge in [-0.2, -0.15) is 10.2 Å². The van der Waals surface area contributed by atoms with Crippen LogP contribution in [0.25, 0.3) is 28.0 Å². The predicted molar refractivity (Wildman–Crippen MR) is 142 cm³/mol. The molecule has 2 saturated heterocycles. The Balaban J connectivity index is 1.46. The number of fused-ring (bicyclic) bond motifs is 1. The van der Waals surface area contributed by atoms with Crippen molar-refractivity contribution < 1.29 is 4.74 Å². The molecule has 0 radical (unpaired) electrons. The molecule has 5 heterocycles. The van der Waals surface area contributed by atoms with Gasteiger partial charge in [0.15, 0.2) is 5.82 Å². The van der Waals surface area contributed by atoms with Gasteiger partial charge in [-0.15, -0.1) is 0 Å². The molecule has 9 heteroatoms. The van der Waals surface area contributed by atoms with E-state index >= 15 is 0 Å². The Hall–Kier alpha value is -3.43. The number of aromatic nitrogens is 5. The molecule has 3 aromatic heterocycles. The first kappa shape index (κ1) is 23.0. The second-order valence-corrected chi connectivity index (χ2v) is 10.2. The standard InChI is InChI=1S/C27H34N8O/c1-18-15-32(3)16-19(2)33(18)22-6-4-5-20(13-22)25-14-23(26-27(28)29-17-31-35(25)26)24-7-10-30-34(24)21-8-11-36-12-9-21/h4-7,10,13-14,17-19,21H,8-9,11-12,15-16H2,1-3H3,(H2,28,29,31). The average Bonchev–Trinajstić information content (AvgIpc) is 3.50. The average molecular weight is 487 g/mol. The van der Waals surface area contributed by atoms with Crippen LogP contribution in [0.1, 0.15) is 32.7 Å². The van der Waals surface area contributed by atoms with Crippen molar-refractivity contribution in [2.45, 2.75) is 44.8 Å². The van der Waals surface area contributed by atoms with Crippen molar-refractivity contribution in [3.8, 4) is 22.5 Å². The zero-order chi connectivity index (χ0) is 24.8. The van der Waals surface area contributed by atoms with Gasteiger partial charge < -0.3 is 20.3 Å². The zero-order valence-electron chi connectivity index (χ0n) is 21.2. The molecule has 1 aromatic carbocycles. The summed E-state index contributed by atoms with van der Waals surface area (Å²) < 4.78 is 9.63. The molecule has 2 N–H and O–H groups in total. The van der Waals surface area contributed by atoms with Crippen LogP contribution < -0.4 is 10.6 Å². The normalized spacial score (nSPS) is 21.9. The fraction of sp³-hybridized carbons (Fsp3) is 0.444. The maximum atomic E-state index is 6.44. The largest absolute Gasteiger partial charge is 0.382 e. The first-order chi connectivity index (χ1) is 17.5. The van der Waals surface area contributed by atoms with Crippen LogP contribution in [-0.2, 0) is 4.74 Å². The van der Waals surface area contributed by atoms with E-state index in [1.54, 1.807) is 0 Å². The van der Waals surface area contributed by atoms with Gasteiger partial charge in [0.25, 0.3) is 0 Å². The van der Waals surface area contributed by atoms with Crippen molar-refractivity contribution in [1.82, 2.24) is 29.3 Å². The number of hydrogen-bond donors (Lipinski definition) is 1. The molecule has 0 amide bonds. The zero-order valence-corrected chi connectivity index (χ0v) is 21.2. The fourth-order valence-electron chi connectivity index (χ4n) is 6.14. The van der Waals surface area contributed by atoms with Gasteiger partial charge in [-0.25, -0.2) is 9.50 Å². The van der Waals surface area contributed by atoms with E-state index in [0.29, 0.717) is 23.9 Å². The molecule has 0 saturated carbocycles. The lowest BCUT2D eigenvalue weighted by Gasteiger charge is -2.44. The number of benzene rings is 1. The highest BCUT2D eigenvalue weighted by Crippen LogP contribution is 2.38. The summed E-state index contributed by atoms with van der Waals surface area (Å²) in [6, 6.07) is 14.2. The molecule has 2 atom stereocenters. The SMILES string of the molecule is CC1CN(C)CC(C)N1c1cccc(-c2cc(-c3ccnn3C3CCOCC3)c3c(N)ncnn23)c1. The minimum atomic E-state index is 0.302. The van der Waals surface area contributed by atoms with Gasteiger partial charge in [0.1, 0.15) is 11.8 Å². The summed E-state index contributed by atoms with van der Waals surface area (Å²) in [6.45, 7) is 8.21. The van der Waals surface area contributed by atoms with Crippen LogP contribution in [0.4, 0.5) is 11.5 Å². The summed E-state index contributed by atoms with van der Waals surface area (Å²) in [5.41, 5.74) is 12.6. The summed E-state index contributed by atoms with van der Waals surface area (Å²) in [4.78, 5) is 9.27. The van der Waals surface area contributed by atoms with E-state index in [1.165, 1.54) is 12.0 Å². The van der Waals surface area contributed by atoms with Crippen molar-refractivity contribution in [3.05, 3.63) is 48.9 Å². The topological polar surface area (TPSA) is 89.7 Å². The molecule has 188 valence electrons. The van der Waals surface area contributed by atoms with Crippen molar-refractivity contribution in [2.75, 3.05) is 44.0 Å². The molecule has 0 bridgehead atoms. The Bertz CT molecular complexity index is 1360. The summed E-state index contributed by atoms with van der Waals surface area (Å²) in [5, 5.41) is 9.32. The molecule has 2 aliphatic rings. The molecule has 2 unspecified atom stereocenters. The predicted octanol–water partition coefficient (Wildman–Crippen LogP) is 3.72. The Morgan fingerprint density at radius 2 is 1.75 bits per heavy atom. The monoisotopic (exact) mass is 486 g/mol. The lowest BCUT2D eigenvalue weighted by Crippen LogP contribution is -2.55. The molecule has 9 nitrogen and oxygen atoms in total. The van der Waals surface area contributed by atoms with Crippen LogP contribution in [0.5, 0.6) is 0 Å². The molecular formula is C27H34N8O. The van der Waals surface area contributed by atoms with Gasteiger partial charge >= 0.3 is 0 Å². The van der Waals surface area contributed by atoms with Gasteiger partial charge in [-0.05, 0) is 58.0 Å². The number of ether oxygens (including phenoxy) is 1. The van der Waals surface area contributed by atoms with E-state index in [4.69, 9.17) is 15.6 Å². The molecule has 6 rings (SSSR count). The second kappa shape index (κ2) is 9.22. The first-order valence-corrected chi connectivity index (χ1v) is 12.8. The fourth-order valence-corrected chi connectivity index (χ4v) is 6.14. The maximum absolute atomic E-state index is 6.44. The minimum absolute atomic E-state index is 0.302. The molecule has 2 fully saturated rings. The molecule has 4 aromatic rings. The molecule has 0 aliphatic carbocycles. The second-order valence-electron chi connectivity index (χ2n) is 10.2. The minimum Gasteiger partial charge on any atom is -0.382 e. The van der Waals surface area contributed by atoms with Crippen molar-refractivity contribution >= 4 is 17.0 Å². The lowest BCUT2D eigenvalue weighted by atomic mass is 10.0. The van der Waals surface area contributed by atoms with Gasteiger partial charge in [-0.1, -0.05) is 12.1 Å². The molecular weight excluding hydrogens is 452 g/mol. The van der Waals surface area contributed by atoms with E-state index in [0.717, 1.165) is 67.2 Å². The van der Waals surface area contributed by atoms with E-state index in [-0.39, 0.29) is 0 Å². The summed E-state index contributed by atoms with van der Waals surface area (Å²) in [5.74, 6) is 0.462. The number of nitrogens with zero attached hydrogens (tertiary/aromatic N) is 7. The Kier molecular flexibility index (Phi) is 5.89. The van der Waals surface area contributed by atoms with Crippen molar-refractivity contribution in [1.29, 1.82) is 0 Å². The maximum Gasteiger partial charge on any atom is 0.152 e. The van der Waals surface area contributed by atoms with Crippen LogP contribution in [-0.4, -0.2) is 74.7 Å². The van der Waals surface area contributed by atoms with E-state index in [2.05, 4.69) is 81.9 Å². The Morgan fingerprint density at radius 3 is 2.53 bits per heavy atom. The summed E-state index contributed by atoms with van der Waals surface area (Å²) >= 11 is 0. The molecule has 0 spiro atoms. The number of nitrogens with two attached hydrogens (primary N) is 1. The number of likely N-dealkylation sites (N-methyl/N-ethyl adjacent to an activating group) is 1. The Labute approximate surface area is 211 Å². The number of piperazine rings is 1. The van der Waals surface area contributed by atoms with Crippen LogP contribution in [0.2, 0.25) is 0 Å².